The Morgan fingerprint density at radius 1 is 1.09 bits per heavy atom. The van der Waals surface area contributed by atoms with Crippen molar-refractivity contribution in [3.8, 4) is 11.8 Å². The molecule has 0 fully saturated rings. The van der Waals surface area contributed by atoms with Gasteiger partial charge in [-0.15, -0.1) is 0 Å². The highest BCUT2D eigenvalue weighted by atomic mass is 16.5. The SMILES string of the molecule is ONC1N=CC=C(c2ccc(C#Cc3cccnc3)cc2)N1O. The molecule has 0 radical (unpaired) electrons. The lowest BCUT2D eigenvalue weighted by atomic mass is 10.1. The van der Waals surface area contributed by atoms with Crippen LogP contribution in [0.3, 0.4) is 0 Å². The van der Waals surface area contributed by atoms with Crippen LogP contribution < -0.4 is 5.48 Å². The van der Waals surface area contributed by atoms with Crippen molar-refractivity contribution in [1.29, 1.82) is 0 Å². The molecule has 0 saturated carbocycles. The number of aliphatic imine (C=N–C) groups is 1. The Balaban J connectivity index is 1.79. The molecule has 2 heterocycles. The van der Waals surface area contributed by atoms with Crippen molar-refractivity contribution >= 4 is 11.9 Å². The minimum Gasteiger partial charge on any atom is -0.313 e. The number of nitrogens with zero attached hydrogens (tertiary/aromatic N) is 3. The van der Waals surface area contributed by atoms with Gasteiger partial charge in [0.1, 0.15) is 0 Å². The van der Waals surface area contributed by atoms with Gasteiger partial charge in [0, 0.05) is 35.3 Å². The topological polar surface area (TPSA) is 81.0 Å². The third kappa shape index (κ3) is 3.44. The third-order valence-corrected chi connectivity index (χ3v) is 3.25. The molecule has 1 aliphatic heterocycles. The Hall–Kier alpha value is -2.98. The largest absolute Gasteiger partial charge is 0.313 e. The lowest BCUT2D eigenvalue weighted by Gasteiger charge is -2.27. The average Bonchev–Trinajstić information content (AvgIpc) is 2.62. The zero-order valence-electron chi connectivity index (χ0n) is 12.1. The standard InChI is InChI=1S/C17H14N4O2/c22-20-17-19-11-9-16(21(17)23)15-7-5-13(6-8-15)3-4-14-2-1-10-18-12-14/h1-2,5-12,17,20,22-23H. The number of pyridine rings is 1. The highest BCUT2D eigenvalue weighted by molar-refractivity contribution is 5.85. The van der Waals surface area contributed by atoms with E-state index in [-0.39, 0.29) is 0 Å². The summed E-state index contributed by atoms with van der Waals surface area (Å²) in [6.45, 7) is 0. The molecule has 1 aromatic heterocycles. The van der Waals surface area contributed by atoms with E-state index in [0.717, 1.165) is 21.8 Å². The number of allylic oxidation sites excluding steroid dienone is 1. The Bertz CT molecular complexity index is 789. The van der Waals surface area contributed by atoms with E-state index in [2.05, 4.69) is 21.8 Å². The van der Waals surface area contributed by atoms with E-state index < -0.39 is 6.29 Å². The molecule has 3 N–H and O–H groups in total. The van der Waals surface area contributed by atoms with Crippen LogP contribution in [0.1, 0.15) is 16.7 Å². The minimum atomic E-state index is -0.917. The second kappa shape index (κ2) is 6.85. The maximum Gasteiger partial charge on any atom is 0.220 e. The average molecular weight is 306 g/mol. The monoisotopic (exact) mass is 306 g/mol. The molecule has 0 spiro atoms. The Kier molecular flexibility index (Phi) is 4.45. The van der Waals surface area contributed by atoms with Crippen LogP contribution in [0.15, 0.2) is 59.9 Å². The second-order valence-corrected chi connectivity index (χ2v) is 4.77. The van der Waals surface area contributed by atoms with Gasteiger partial charge >= 0.3 is 0 Å². The van der Waals surface area contributed by atoms with Gasteiger partial charge in [-0.3, -0.25) is 10.2 Å². The highest BCUT2D eigenvalue weighted by Gasteiger charge is 2.20. The number of hydrogen-bond donors (Lipinski definition) is 3. The summed E-state index contributed by atoms with van der Waals surface area (Å²) < 4.78 is 0. The van der Waals surface area contributed by atoms with Gasteiger partial charge in [-0.05, 0) is 30.3 Å². The first-order chi connectivity index (χ1) is 11.3. The van der Waals surface area contributed by atoms with E-state index in [1.807, 2.05) is 41.9 Å². The van der Waals surface area contributed by atoms with Crippen LogP contribution in [0.5, 0.6) is 0 Å². The summed E-state index contributed by atoms with van der Waals surface area (Å²) in [5, 5.41) is 19.8. The molecule has 1 aliphatic rings. The zero-order chi connectivity index (χ0) is 16.1. The van der Waals surface area contributed by atoms with E-state index in [4.69, 9.17) is 5.21 Å². The van der Waals surface area contributed by atoms with Crippen molar-refractivity contribution in [1.82, 2.24) is 15.5 Å². The predicted molar refractivity (Wildman–Crippen MR) is 85.5 cm³/mol. The van der Waals surface area contributed by atoms with E-state index in [0.29, 0.717) is 5.70 Å². The van der Waals surface area contributed by atoms with Crippen LogP contribution in [0.2, 0.25) is 0 Å². The first-order valence-corrected chi connectivity index (χ1v) is 6.91. The molecule has 23 heavy (non-hydrogen) atoms. The van der Waals surface area contributed by atoms with Crippen molar-refractivity contribution in [3.63, 3.8) is 0 Å². The van der Waals surface area contributed by atoms with Crippen LogP contribution in [0.25, 0.3) is 5.70 Å². The number of hydrogen-bond acceptors (Lipinski definition) is 6. The van der Waals surface area contributed by atoms with E-state index in [9.17, 15) is 5.21 Å². The Morgan fingerprint density at radius 3 is 2.57 bits per heavy atom. The fourth-order valence-electron chi connectivity index (χ4n) is 2.09. The molecule has 114 valence electrons. The van der Waals surface area contributed by atoms with Gasteiger partial charge in [0.25, 0.3) is 0 Å². The summed E-state index contributed by atoms with van der Waals surface area (Å²) in [7, 11) is 0. The predicted octanol–water partition coefficient (Wildman–Crippen LogP) is 1.86. The number of hydroxylamine groups is 3. The van der Waals surface area contributed by atoms with Gasteiger partial charge in [0.15, 0.2) is 0 Å². The van der Waals surface area contributed by atoms with Crippen molar-refractivity contribution in [2.75, 3.05) is 0 Å². The zero-order valence-corrected chi connectivity index (χ0v) is 12.1. The summed E-state index contributed by atoms with van der Waals surface area (Å²) in [6.07, 6.45) is 5.67. The van der Waals surface area contributed by atoms with Crippen molar-refractivity contribution in [2.24, 2.45) is 4.99 Å². The molecule has 1 atom stereocenters. The van der Waals surface area contributed by atoms with Crippen LogP contribution >= 0.6 is 0 Å². The van der Waals surface area contributed by atoms with Crippen LogP contribution in [-0.4, -0.2) is 33.0 Å². The first kappa shape index (κ1) is 14.9. The molecule has 3 rings (SSSR count). The smallest absolute Gasteiger partial charge is 0.220 e. The molecule has 0 bridgehead atoms. The van der Waals surface area contributed by atoms with E-state index >= 15 is 0 Å². The molecule has 0 saturated heterocycles. The maximum atomic E-state index is 10.00. The molecular formula is C17H14N4O2. The van der Waals surface area contributed by atoms with Crippen molar-refractivity contribution in [3.05, 3.63) is 71.6 Å². The summed E-state index contributed by atoms with van der Waals surface area (Å²) >= 11 is 0. The summed E-state index contributed by atoms with van der Waals surface area (Å²) in [6, 6.07) is 11.1. The van der Waals surface area contributed by atoms with Gasteiger partial charge in [0.05, 0.1) is 5.70 Å². The third-order valence-electron chi connectivity index (χ3n) is 3.25. The molecule has 2 aromatic rings. The van der Waals surface area contributed by atoms with E-state index in [1.165, 1.54) is 6.21 Å². The fourth-order valence-corrected chi connectivity index (χ4v) is 2.09. The van der Waals surface area contributed by atoms with Crippen LogP contribution in [0, 0.1) is 11.8 Å². The summed E-state index contributed by atoms with van der Waals surface area (Å²) in [5.41, 5.74) is 4.92. The van der Waals surface area contributed by atoms with Crippen LogP contribution in [0.4, 0.5) is 0 Å². The Morgan fingerprint density at radius 2 is 1.87 bits per heavy atom. The molecule has 1 unspecified atom stereocenters. The van der Waals surface area contributed by atoms with Crippen molar-refractivity contribution in [2.45, 2.75) is 6.29 Å². The summed E-state index contributed by atoms with van der Waals surface area (Å²) in [4.78, 5) is 7.88. The first-order valence-electron chi connectivity index (χ1n) is 6.91. The normalized spacial score (nSPS) is 16.5. The lowest BCUT2D eigenvalue weighted by Crippen LogP contribution is -2.41. The van der Waals surface area contributed by atoms with Gasteiger partial charge in [0.2, 0.25) is 6.29 Å². The Labute approximate surface area is 133 Å². The van der Waals surface area contributed by atoms with Gasteiger partial charge in [-0.2, -0.15) is 5.48 Å². The lowest BCUT2D eigenvalue weighted by molar-refractivity contribution is -0.110. The van der Waals surface area contributed by atoms with Crippen LogP contribution in [-0.2, 0) is 0 Å². The molecular weight excluding hydrogens is 292 g/mol. The maximum absolute atomic E-state index is 10.00. The summed E-state index contributed by atoms with van der Waals surface area (Å²) in [5.74, 6) is 6.09. The van der Waals surface area contributed by atoms with Crippen molar-refractivity contribution < 1.29 is 10.4 Å². The second-order valence-electron chi connectivity index (χ2n) is 4.77. The molecule has 1 aromatic carbocycles. The molecule has 6 nitrogen and oxygen atoms in total. The quantitative estimate of drug-likeness (QED) is 0.583. The molecule has 6 heteroatoms. The highest BCUT2D eigenvalue weighted by Crippen LogP contribution is 2.21. The number of aromatic nitrogens is 1. The number of nitrogens with one attached hydrogen (secondary N) is 1. The molecule has 0 amide bonds. The van der Waals surface area contributed by atoms with Gasteiger partial charge in [-0.1, -0.05) is 24.0 Å². The number of rotatable bonds is 2. The van der Waals surface area contributed by atoms with Gasteiger partial charge < -0.3 is 5.21 Å². The fraction of sp³-hybridized carbons (Fsp3) is 0.0588. The van der Waals surface area contributed by atoms with E-state index in [1.54, 1.807) is 18.5 Å². The molecule has 0 aliphatic carbocycles. The van der Waals surface area contributed by atoms with Gasteiger partial charge in [-0.25, -0.2) is 10.1 Å². The number of benzene rings is 1. The minimum absolute atomic E-state index is 0.526.